The summed E-state index contributed by atoms with van der Waals surface area (Å²) in [7, 11) is 1.46. The highest BCUT2D eigenvalue weighted by Gasteiger charge is 2.21. The Morgan fingerprint density at radius 2 is 2.22 bits per heavy atom. The average Bonchev–Trinajstić information content (AvgIpc) is 2.63. The standard InChI is InChI=1S/C10H11Br2F2NO2S/c1-17-3-2-15(5-8(13)14)10(16)7-4-6(11)9(12)18-7/h4,8H,2-3,5H2,1H3. The molecule has 0 saturated heterocycles. The Morgan fingerprint density at radius 3 is 2.67 bits per heavy atom. The largest absolute Gasteiger partial charge is 0.383 e. The van der Waals surface area contributed by atoms with Crippen LogP contribution in [-0.2, 0) is 4.74 Å². The lowest BCUT2D eigenvalue weighted by Crippen LogP contribution is -2.37. The highest BCUT2D eigenvalue weighted by atomic mass is 79.9. The van der Waals surface area contributed by atoms with Crippen LogP contribution in [-0.4, -0.2) is 44.0 Å². The molecule has 0 aromatic carbocycles. The number of alkyl halides is 2. The molecule has 0 unspecified atom stereocenters. The fraction of sp³-hybridized carbons (Fsp3) is 0.500. The van der Waals surface area contributed by atoms with Crippen molar-refractivity contribution in [2.45, 2.75) is 6.43 Å². The summed E-state index contributed by atoms with van der Waals surface area (Å²) in [4.78, 5) is 13.6. The molecule has 1 aromatic heterocycles. The van der Waals surface area contributed by atoms with Crippen LogP contribution < -0.4 is 0 Å². The molecule has 1 amide bonds. The van der Waals surface area contributed by atoms with Crippen LogP contribution in [0.3, 0.4) is 0 Å². The number of carbonyl (C=O) groups is 1. The highest BCUT2D eigenvalue weighted by molar-refractivity contribution is 9.13. The molecule has 0 aliphatic carbocycles. The van der Waals surface area contributed by atoms with E-state index in [1.54, 1.807) is 6.07 Å². The van der Waals surface area contributed by atoms with E-state index in [0.717, 1.165) is 13.2 Å². The topological polar surface area (TPSA) is 29.5 Å². The van der Waals surface area contributed by atoms with Gasteiger partial charge in [0, 0.05) is 18.1 Å². The Kier molecular flexibility index (Phi) is 6.68. The van der Waals surface area contributed by atoms with Gasteiger partial charge in [0.25, 0.3) is 12.3 Å². The first-order valence-electron chi connectivity index (χ1n) is 4.97. The second-order valence-corrected chi connectivity index (χ2v) is 6.59. The molecular weight excluding hydrogens is 396 g/mol. The first-order chi connectivity index (χ1) is 8.45. The molecule has 0 fully saturated rings. The summed E-state index contributed by atoms with van der Waals surface area (Å²) in [6.45, 7) is -0.214. The molecule has 1 heterocycles. The minimum atomic E-state index is -2.56. The van der Waals surface area contributed by atoms with Crippen LogP contribution in [0.5, 0.6) is 0 Å². The van der Waals surface area contributed by atoms with Crippen LogP contribution in [0.25, 0.3) is 0 Å². The van der Waals surface area contributed by atoms with Gasteiger partial charge in [0.2, 0.25) is 0 Å². The monoisotopic (exact) mass is 405 g/mol. The first kappa shape index (κ1) is 16.0. The quantitative estimate of drug-likeness (QED) is 0.721. The van der Waals surface area contributed by atoms with Crippen LogP contribution >= 0.6 is 43.2 Å². The summed E-state index contributed by atoms with van der Waals surface area (Å²) < 4.78 is 31.2. The maximum absolute atomic E-state index is 12.4. The van der Waals surface area contributed by atoms with Gasteiger partial charge in [0.15, 0.2) is 0 Å². The summed E-state index contributed by atoms with van der Waals surface area (Å²) in [6.07, 6.45) is -2.56. The number of methoxy groups -OCH3 is 1. The van der Waals surface area contributed by atoms with E-state index in [1.165, 1.54) is 18.4 Å². The van der Waals surface area contributed by atoms with Gasteiger partial charge in [-0.15, -0.1) is 11.3 Å². The predicted octanol–water partition coefficient (Wildman–Crippen LogP) is 3.63. The number of ether oxygens (including phenoxy) is 1. The molecule has 0 atom stereocenters. The van der Waals surface area contributed by atoms with Gasteiger partial charge in [-0.25, -0.2) is 8.78 Å². The Morgan fingerprint density at radius 1 is 1.56 bits per heavy atom. The van der Waals surface area contributed by atoms with Crippen molar-refractivity contribution in [3.63, 3.8) is 0 Å². The van der Waals surface area contributed by atoms with Gasteiger partial charge in [-0.1, -0.05) is 0 Å². The zero-order valence-corrected chi connectivity index (χ0v) is 13.4. The van der Waals surface area contributed by atoms with E-state index >= 15 is 0 Å². The Bertz CT molecular complexity index is 395. The van der Waals surface area contributed by atoms with Crippen LogP contribution in [0.15, 0.2) is 14.3 Å². The number of halogens is 4. The van der Waals surface area contributed by atoms with Gasteiger partial charge in [0.1, 0.15) is 0 Å². The Balaban J connectivity index is 2.80. The third kappa shape index (κ3) is 4.56. The lowest BCUT2D eigenvalue weighted by molar-refractivity contribution is 0.0482. The summed E-state index contributed by atoms with van der Waals surface area (Å²) in [5.74, 6) is -0.413. The van der Waals surface area contributed by atoms with E-state index in [1.807, 2.05) is 0 Å². The molecule has 0 saturated carbocycles. The normalized spacial score (nSPS) is 11.0. The maximum Gasteiger partial charge on any atom is 0.264 e. The molecule has 0 spiro atoms. The van der Waals surface area contributed by atoms with Crippen LogP contribution in [0.4, 0.5) is 8.78 Å². The summed E-state index contributed by atoms with van der Waals surface area (Å²) in [5, 5.41) is 0. The number of thiophene rings is 1. The van der Waals surface area contributed by atoms with Crippen LogP contribution in [0.1, 0.15) is 9.67 Å². The van der Waals surface area contributed by atoms with Crippen molar-refractivity contribution in [3.8, 4) is 0 Å². The van der Waals surface area contributed by atoms with Crippen molar-refractivity contribution in [3.05, 3.63) is 19.2 Å². The van der Waals surface area contributed by atoms with E-state index in [0.29, 0.717) is 4.88 Å². The van der Waals surface area contributed by atoms with E-state index in [9.17, 15) is 13.6 Å². The van der Waals surface area contributed by atoms with Crippen LogP contribution in [0, 0.1) is 0 Å². The second kappa shape index (κ2) is 7.52. The zero-order valence-electron chi connectivity index (χ0n) is 9.46. The fourth-order valence-electron chi connectivity index (χ4n) is 1.25. The van der Waals surface area contributed by atoms with Gasteiger partial charge < -0.3 is 9.64 Å². The third-order valence-corrected chi connectivity index (χ3v) is 5.31. The van der Waals surface area contributed by atoms with Crippen molar-refractivity contribution in [1.82, 2.24) is 4.90 Å². The second-order valence-electron chi connectivity index (χ2n) is 3.37. The highest BCUT2D eigenvalue weighted by Crippen LogP contribution is 2.33. The fourth-order valence-corrected chi connectivity index (χ4v) is 3.26. The molecule has 0 bridgehead atoms. The number of hydrogen-bond donors (Lipinski definition) is 0. The third-order valence-electron chi connectivity index (χ3n) is 2.07. The van der Waals surface area contributed by atoms with Gasteiger partial charge in [-0.3, -0.25) is 4.79 Å². The zero-order chi connectivity index (χ0) is 13.7. The van der Waals surface area contributed by atoms with E-state index in [2.05, 4.69) is 31.9 Å². The van der Waals surface area contributed by atoms with Gasteiger partial charge in [-0.05, 0) is 37.9 Å². The molecule has 8 heteroatoms. The lowest BCUT2D eigenvalue weighted by atomic mass is 10.3. The minimum Gasteiger partial charge on any atom is -0.383 e. The molecule has 0 aliphatic rings. The summed E-state index contributed by atoms with van der Waals surface area (Å²) in [5.41, 5.74) is 0. The van der Waals surface area contributed by atoms with Crippen LogP contribution in [0.2, 0.25) is 0 Å². The van der Waals surface area contributed by atoms with E-state index in [-0.39, 0.29) is 13.2 Å². The molecule has 0 N–H and O–H groups in total. The average molecular weight is 407 g/mol. The molecule has 1 aromatic rings. The number of rotatable bonds is 6. The maximum atomic E-state index is 12.4. The molecular formula is C10H11Br2F2NO2S. The number of carbonyl (C=O) groups excluding carboxylic acids is 1. The Labute approximate surface area is 124 Å². The molecule has 18 heavy (non-hydrogen) atoms. The first-order valence-corrected chi connectivity index (χ1v) is 7.37. The smallest absolute Gasteiger partial charge is 0.264 e. The van der Waals surface area contributed by atoms with Crippen molar-refractivity contribution < 1.29 is 18.3 Å². The van der Waals surface area contributed by atoms with Crippen molar-refractivity contribution >= 4 is 49.1 Å². The Hall–Kier alpha value is -0.0500. The number of amides is 1. The molecule has 0 radical (unpaired) electrons. The minimum absolute atomic E-state index is 0.146. The van der Waals surface area contributed by atoms with Crippen molar-refractivity contribution in [2.24, 2.45) is 0 Å². The van der Waals surface area contributed by atoms with Gasteiger partial charge in [-0.2, -0.15) is 0 Å². The van der Waals surface area contributed by atoms with Crippen molar-refractivity contribution in [1.29, 1.82) is 0 Å². The van der Waals surface area contributed by atoms with E-state index < -0.39 is 18.9 Å². The number of hydrogen-bond acceptors (Lipinski definition) is 3. The number of nitrogens with zero attached hydrogens (tertiary/aromatic N) is 1. The molecule has 3 nitrogen and oxygen atoms in total. The predicted molar refractivity (Wildman–Crippen MR) is 73.5 cm³/mol. The van der Waals surface area contributed by atoms with Gasteiger partial charge >= 0.3 is 0 Å². The molecule has 102 valence electrons. The molecule has 0 aliphatic heterocycles. The van der Waals surface area contributed by atoms with Crippen molar-refractivity contribution in [2.75, 3.05) is 26.8 Å². The summed E-state index contributed by atoms with van der Waals surface area (Å²) >= 11 is 7.73. The van der Waals surface area contributed by atoms with E-state index in [4.69, 9.17) is 4.74 Å². The molecule has 1 rings (SSSR count). The lowest BCUT2D eigenvalue weighted by Gasteiger charge is -2.21. The van der Waals surface area contributed by atoms with Gasteiger partial charge in [0.05, 0.1) is 21.8 Å². The SMILES string of the molecule is COCCN(CC(F)F)C(=O)c1cc(Br)c(Br)s1. The summed E-state index contributed by atoms with van der Waals surface area (Å²) in [6, 6.07) is 1.61.